The molecule has 13 atom stereocenters. The number of allylic oxidation sites excluding steroid dienone is 1. The van der Waals surface area contributed by atoms with E-state index in [-0.39, 0.29) is 11.8 Å². The highest BCUT2D eigenvalue weighted by molar-refractivity contribution is 5.68. The third-order valence-corrected chi connectivity index (χ3v) is 11.3. The van der Waals surface area contributed by atoms with E-state index < -0.39 is 70.9 Å². The minimum atomic E-state index is -1.42. The highest BCUT2D eigenvalue weighted by Gasteiger charge is 2.70. The Labute approximate surface area is 232 Å². The van der Waals surface area contributed by atoms with Gasteiger partial charge in [0.1, 0.15) is 24.6 Å². The molecule has 4 aliphatic carbocycles. The van der Waals surface area contributed by atoms with Crippen LogP contribution in [0.25, 0.3) is 0 Å². The Balaban J connectivity index is 1.27. The second kappa shape index (κ2) is 9.83. The number of hydrogen-bond donors (Lipinski definition) is 5. The Hall–Kier alpha value is -1.92. The lowest BCUT2D eigenvalue weighted by molar-refractivity contribution is -0.301. The summed E-state index contributed by atoms with van der Waals surface area (Å²) in [7, 11) is 0. The first-order valence-electron chi connectivity index (χ1n) is 14.5. The van der Waals surface area contributed by atoms with Crippen molar-refractivity contribution in [1.29, 1.82) is 0 Å². The van der Waals surface area contributed by atoms with Crippen LogP contribution in [0.15, 0.2) is 39.3 Å². The average Bonchev–Trinajstić information content (AvgIpc) is 3.21. The fourth-order valence-corrected chi connectivity index (χ4v) is 9.18. The Morgan fingerprint density at radius 1 is 1.05 bits per heavy atom. The van der Waals surface area contributed by atoms with Crippen LogP contribution in [0.5, 0.6) is 0 Å². The van der Waals surface area contributed by atoms with E-state index in [0.29, 0.717) is 44.9 Å². The lowest BCUT2D eigenvalue weighted by Crippen LogP contribution is -2.65. The van der Waals surface area contributed by atoms with Crippen molar-refractivity contribution >= 4 is 6.29 Å². The first kappa shape index (κ1) is 28.2. The highest BCUT2D eigenvalue weighted by Crippen LogP contribution is 2.69. The summed E-state index contributed by atoms with van der Waals surface area (Å²) in [6, 6.07) is 3.13. The largest absolute Gasteiger partial charge is 0.431 e. The van der Waals surface area contributed by atoms with E-state index in [2.05, 4.69) is 0 Å². The molecule has 0 amide bonds. The van der Waals surface area contributed by atoms with Crippen LogP contribution in [0.3, 0.4) is 0 Å². The van der Waals surface area contributed by atoms with Gasteiger partial charge in [0, 0.05) is 17.4 Å². The van der Waals surface area contributed by atoms with Gasteiger partial charge >= 0.3 is 5.63 Å². The zero-order chi connectivity index (χ0) is 28.6. The molecule has 0 radical (unpaired) electrons. The van der Waals surface area contributed by atoms with Gasteiger partial charge in [0.2, 0.25) is 0 Å². The Kier molecular flexibility index (Phi) is 6.93. The molecule has 40 heavy (non-hydrogen) atoms. The van der Waals surface area contributed by atoms with Gasteiger partial charge in [0.15, 0.2) is 6.29 Å². The number of aldehydes is 1. The third-order valence-electron chi connectivity index (χ3n) is 11.3. The standard InChI is InChI=1S/C30H40O10/c1-15-24(34)25(35)26(36)27(39-15)40-18-7-9-29(14-31)17(11-18)4-5-20-23(29)21(32)12-28(2)19(8-10-30(20,28)37)16-3-6-22(33)38-13-16/h3,6,11,13-15,18-21,23-27,32,34-37H,4-5,7-10,12H2,1-2H3. The summed E-state index contributed by atoms with van der Waals surface area (Å²) in [6.45, 7) is 3.61. The number of carbonyl (C=O) groups is 1. The van der Waals surface area contributed by atoms with E-state index in [1.165, 1.54) is 12.3 Å². The van der Waals surface area contributed by atoms with E-state index in [4.69, 9.17) is 13.9 Å². The third kappa shape index (κ3) is 3.95. The molecule has 3 saturated carbocycles. The number of aliphatic hydroxyl groups excluding tert-OH is 4. The molecule has 1 aromatic rings. The van der Waals surface area contributed by atoms with Gasteiger partial charge in [-0.25, -0.2) is 4.79 Å². The van der Waals surface area contributed by atoms with E-state index in [1.54, 1.807) is 13.0 Å². The van der Waals surface area contributed by atoms with Crippen LogP contribution in [-0.4, -0.2) is 80.3 Å². The van der Waals surface area contributed by atoms with Crippen molar-refractivity contribution in [1.82, 2.24) is 0 Å². The maximum Gasteiger partial charge on any atom is 0.335 e. The zero-order valence-electron chi connectivity index (χ0n) is 22.9. The Morgan fingerprint density at radius 3 is 2.52 bits per heavy atom. The SMILES string of the molecule is CC1OC(OC2C=C3CCC4C(C(O)CC5(C)C(c6ccc(=O)oc6)CCC45O)C3(C=O)CC2)C(O)C(O)C1O. The second-order valence-corrected chi connectivity index (χ2v) is 13.0. The van der Waals surface area contributed by atoms with E-state index in [9.17, 15) is 35.1 Å². The van der Waals surface area contributed by atoms with Crippen LogP contribution >= 0.6 is 0 Å². The van der Waals surface area contributed by atoms with Gasteiger partial charge in [-0.05, 0) is 75.3 Å². The van der Waals surface area contributed by atoms with Crippen molar-refractivity contribution < 1.29 is 44.2 Å². The topological polar surface area (TPSA) is 167 Å². The maximum atomic E-state index is 12.9. The van der Waals surface area contributed by atoms with Crippen molar-refractivity contribution in [3.8, 4) is 0 Å². The van der Waals surface area contributed by atoms with E-state index in [0.717, 1.165) is 17.4 Å². The van der Waals surface area contributed by atoms with Crippen molar-refractivity contribution in [2.24, 2.45) is 22.7 Å². The minimum absolute atomic E-state index is 0.0936. The van der Waals surface area contributed by atoms with Crippen LogP contribution in [0.1, 0.15) is 70.3 Å². The van der Waals surface area contributed by atoms with Crippen LogP contribution in [-0.2, 0) is 14.3 Å². The van der Waals surface area contributed by atoms with Gasteiger partial charge in [-0.3, -0.25) is 0 Å². The quantitative estimate of drug-likeness (QED) is 0.266. The van der Waals surface area contributed by atoms with Crippen molar-refractivity contribution in [2.75, 3.05) is 0 Å². The lowest BCUT2D eigenvalue weighted by Gasteiger charge is -2.62. The maximum absolute atomic E-state index is 12.9. The summed E-state index contributed by atoms with van der Waals surface area (Å²) >= 11 is 0. The van der Waals surface area contributed by atoms with Gasteiger partial charge in [0.25, 0.3) is 0 Å². The van der Waals surface area contributed by atoms with E-state index >= 15 is 0 Å². The zero-order valence-corrected chi connectivity index (χ0v) is 22.9. The number of hydrogen-bond acceptors (Lipinski definition) is 10. The van der Waals surface area contributed by atoms with E-state index in [1.807, 2.05) is 13.0 Å². The predicted molar refractivity (Wildman–Crippen MR) is 140 cm³/mol. The molecule has 6 rings (SSSR count). The fourth-order valence-electron chi connectivity index (χ4n) is 9.18. The molecule has 10 nitrogen and oxygen atoms in total. The normalized spacial score (nSPS) is 50.3. The number of ether oxygens (including phenoxy) is 2. The second-order valence-electron chi connectivity index (χ2n) is 13.0. The smallest absolute Gasteiger partial charge is 0.335 e. The van der Waals surface area contributed by atoms with Crippen LogP contribution in [0, 0.1) is 22.7 Å². The van der Waals surface area contributed by atoms with Crippen LogP contribution in [0.4, 0.5) is 0 Å². The number of carbonyl (C=O) groups excluding carboxylic acids is 1. The molecular formula is C30H40O10. The molecule has 10 heteroatoms. The highest BCUT2D eigenvalue weighted by atomic mass is 16.7. The monoisotopic (exact) mass is 560 g/mol. The minimum Gasteiger partial charge on any atom is -0.431 e. The molecule has 1 saturated heterocycles. The summed E-state index contributed by atoms with van der Waals surface area (Å²) in [5.74, 6) is -0.836. The summed E-state index contributed by atoms with van der Waals surface area (Å²) in [5.41, 5.74) is -1.43. The molecule has 4 fully saturated rings. The van der Waals surface area contributed by atoms with Crippen LogP contribution in [0.2, 0.25) is 0 Å². The molecule has 220 valence electrons. The average molecular weight is 561 g/mol. The molecule has 2 heterocycles. The van der Waals surface area contributed by atoms with Gasteiger partial charge in [-0.15, -0.1) is 0 Å². The van der Waals surface area contributed by atoms with Crippen LogP contribution < -0.4 is 5.63 Å². The molecule has 5 aliphatic rings. The first-order valence-corrected chi connectivity index (χ1v) is 14.5. The lowest BCUT2D eigenvalue weighted by atomic mass is 9.44. The molecule has 5 N–H and O–H groups in total. The number of rotatable bonds is 4. The molecule has 0 aromatic carbocycles. The molecule has 1 aromatic heterocycles. The summed E-state index contributed by atoms with van der Waals surface area (Å²) < 4.78 is 16.8. The van der Waals surface area contributed by atoms with Crippen molar-refractivity contribution in [2.45, 2.75) is 113 Å². The summed E-state index contributed by atoms with van der Waals surface area (Å²) in [5, 5.41) is 54.7. The fraction of sp³-hybridized carbons (Fsp3) is 0.733. The first-order chi connectivity index (χ1) is 18.9. The summed E-state index contributed by atoms with van der Waals surface area (Å²) in [6.07, 6.45) is 0.644. The Morgan fingerprint density at radius 2 is 1.82 bits per heavy atom. The molecule has 0 spiro atoms. The Bertz CT molecular complexity index is 1210. The van der Waals surface area contributed by atoms with Gasteiger partial charge in [-0.1, -0.05) is 18.6 Å². The molecule has 0 bridgehead atoms. The summed E-state index contributed by atoms with van der Waals surface area (Å²) in [4.78, 5) is 24.5. The number of aliphatic hydroxyl groups is 5. The van der Waals surface area contributed by atoms with Gasteiger partial charge in [0.05, 0.1) is 35.6 Å². The molecule has 13 unspecified atom stereocenters. The predicted octanol–water partition coefficient (Wildman–Crippen LogP) is 1.16. The van der Waals surface area contributed by atoms with Gasteiger partial charge in [-0.2, -0.15) is 0 Å². The van der Waals surface area contributed by atoms with Crippen molar-refractivity contribution in [3.05, 3.63) is 46.0 Å². The van der Waals surface area contributed by atoms with Gasteiger partial charge < -0.3 is 44.2 Å². The molecule has 1 aliphatic heterocycles. The number of fused-ring (bicyclic) bond motifs is 5. The van der Waals surface area contributed by atoms with Crippen molar-refractivity contribution in [3.63, 3.8) is 0 Å². The molecular weight excluding hydrogens is 520 g/mol.